The fourth-order valence-electron chi connectivity index (χ4n) is 2.84. The maximum atomic E-state index is 12.3. The number of rotatable bonds is 5. The van der Waals surface area contributed by atoms with Crippen molar-refractivity contribution in [1.82, 2.24) is 9.88 Å². The zero-order valence-electron chi connectivity index (χ0n) is 13.3. The van der Waals surface area contributed by atoms with Gasteiger partial charge in [-0.3, -0.25) is 4.79 Å². The molecule has 1 saturated heterocycles. The van der Waals surface area contributed by atoms with E-state index in [1.165, 1.54) is 4.90 Å². The van der Waals surface area contributed by atoms with Crippen molar-refractivity contribution >= 4 is 23.2 Å². The highest BCUT2D eigenvalue weighted by Gasteiger charge is 2.34. The summed E-state index contributed by atoms with van der Waals surface area (Å²) in [7, 11) is 0. The minimum Gasteiger partial charge on any atom is -0.483 e. The van der Waals surface area contributed by atoms with Crippen LogP contribution in [0.2, 0.25) is 0 Å². The van der Waals surface area contributed by atoms with E-state index in [9.17, 15) is 14.7 Å². The van der Waals surface area contributed by atoms with Gasteiger partial charge in [-0.2, -0.15) is 0 Å². The van der Waals surface area contributed by atoms with Crippen LogP contribution in [0.4, 0.5) is 0 Å². The molecule has 1 aromatic heterocycles. The standard InChI is InChI=1S/C17H18N2O4S/c1-11-18-13(10-24-11)12-5-2-3-7-15(12)23-9-16(20)19-8-4-6-14(19)17(21)22/h2-3,5,7,10,14H,4,6,8-9H2,1H3,(H,21,22). The number of amides is 1. The Morgan fingerprint density at radius 1 is 1.42 bits per heavy atom. The summed E-state index contributed by atoms with van der Waals surface area (Å²) in [4.78, 5) is 29.3. The van der Waals surface area contributed by atoms with Crippen molar-refractivity contribution in [1.29, 1.82) is 0 Å². The van der Waals surface area contributed by atoms with Crippen LogP contribution in [0.25, 0.3) is 11.3 Å². The molecule has 1 aromatic carbocycles. The van der Waals surface area contributed by atoms with Crippen molar-refractivity contribution in [2.45, 2.75) is 25.8 Å². The van der Waals surface area contributed by atoms with Crippen LogP contribution < -0.4 is 4.74 Å². The van der Waals surface area contributed by atoms with Crippen LogP contribution in [0.5, 0.6) is 5.75 Å². The maximum absolute atomic E-state index is 12.3. The van der Waals surface area contributed by atoms with Crippen molar-refractivity contribution in [2.75, 3.05) is 13.2 Å². The van der Waals surface area contributed by atoms with Gasteiger partial charge >= 0.3 is 5.97 Å². The van der Waals surface area contributed by atoms with Crippen LogP contribution in [0.3, 0.4) is 0 Å². The summed E-state index contributed by atoms with van der Waals surface area (Å²) in [6.45, 7) is 2.22. The average molecular weight is 346 g/mol. The fraction of sp³-hybridized carbons (Fsp3) is 0.353. The highest BCUT2D eigenvalue weighted by atomic mass is 32.1. The van der Waals surface area contributed by atoms with Gasteiger partial charge in [0, 0.05) is 17.5 Å². The minimum absolute atomic E-state index is 0.177. The number of para-hydroxylation sites is 1. The number of hydrogen-bond donors (Lipinski definition) is 1. The normalized spacial score (nSPS) is 17.0. The molecule has 0 spiro atoms. The molecule has 1 aliphatic heterocycles. The van der Waals surface area contributed by atoms with Crippen molar-refractivity contribution in [3.63, 3.8) is 0 Å². The molecular formula is C17H18N2O4S. The molecule has 1 aliphatic rings. The number of hydrogen-bond acceptors (Lipinski definition) is 5. The Bertz CT molecular complexity index is 759. The number of benzene rings is 1. The molecule has 2 heterocycles. The first kappa shape index (κ1) is 16.4. The second kappa shape index (κ2) is 7.00. The zero-order valence-corrected chi connectivity index (χ0v) is 14.1. The summed E-state index contributed by atoms with van der Waals surface area (Å²) < 4.78 is 5.68. The van der Waals surface area contributed by atoms with Crippen molar-refractivity contribution in [2.24, 2.45) is 0 Å². The van der Waals surface area contributed by atoms with Crippen LogP contribution >= 0.6 is 11.3 Å². The summed E-state index contributed by atoms with van der Waals surface area (Å²) in [6, 6.07) is 6.66. The van der Waals surface area contributed by atoms with Crippen LogP contribution in [-0.2, 0) is 9.59 Å². The van der Waals surface area contributed by atoms with Gasteiger partial charge in [-0.1, -0.05) is 12.1 Å². The predicted octanol–water partition coefficient (Wildman–Crippen LogP) is 2.57. The molecule has 126 valence electrons. The van der Waals surface area contributed by atoms with Gasteiger partial charge < -0.3 is 14.7 Å². The summed E-state index contributed by atoms with van der Waals surface area (Å²) in [5, 5.41) is 12.1. The van der Waals surface area contributed by atoms with Crippen molar-refractivity contribution in [3.8, 4) is 17.0 Å². The smallest absolute Gasteiger partial charge is 0.326 e. The molecule has 1 amide bonds. The molecule has 0 saturated carbocycles. The van der Waals surface area contributed by atoms with E-state index in [0.29, 0.717) is 25.1 Å². The maximum Gasteiger partial charge on any atom is 0.326 e. The number of aryl methyl sites for hydroxylation is 1. The topological polar surface area (TPSA) is 79.7 Å². The molecule has 0 aliphatic carbocycles. The molecular weight excluding hydrogens is 328 g/mol. The van der Waals surface area contributed by atoms with Crippen LogP contribution in [0.1, 0.15) is 17.8 Å². The van der Waals surface area contributed by atoms with E-state index in [0.717, 1.165) is 16.3 Å². The number of aliphatic carboxylic acids is 1. The molecule has 0 radical (unpaired) electrons. The van der Waals surface area contributed by atoms with Crippen LogP contribution in [-0.4, -0.2) is 46.1 Å². The number of carbonyl (C=O) groups is 2. The lowest BCUT2D eigenvalue weighted by Crippen LogP contribution is -2.42. The Balaban J connectivity index is 1.71. The third-order valence-electron chi connectivity index (χ3n) is 3.99. The van der Waals surface area contributed by atoms with Gasteiger partial charge in [-0.05, 0) is 31.9 Å². The lowest BCUT2D eigenvalue weighted by Gasteiger charge is -2.21. The lowest BCUT2D eigenvalue weighted by atomic mass is 10.1. The third-order valence-corrected chi connectivity index (χ3v) is 4.76. The first-order chi connectivity index (χ1) is 11.6. The molecule has 1 atom stereocenters. The number of likely N-dealkylation sites (tertiary alicyclic amines) is 1. The first-order valence-electron chi connectivity index (χ1n) is 7.73. The number of thiazole rings is 1. The Morgan fingerprint density at radius 2 is 2.21 bits per heavy atom. The third kappa shape index (κ3) is 3.41. The van der Waals surface area contributed by atoms with Gasteiger partial charge in [0.2, 0.25) is 0 Å². The molecule has 24 heavy (non-hydrogen) atoms. The van der Waals surface area contributed by atoms with Gasteiger partial charge in [0.15, 0.2) is 6.61 Å². The first-order valence-corrected chi connectivity index (χ1v) is 8.61. The number of ether oxygens (including phenoxy) is 1. The number of carbonyl (C=O) groups excluding carboxylic acids is 1. The quantitative estimate of drug-likeness (QED) is 0.900. The summed E-state index contributed by atoms with van der Waals surface area (Å²) >= 11 is 1.55. The minimum atomic E-state index is -0.959. The zero-order chi connectivity index (χ0) is 17.1. The summed E-state index contributed by atoms with van der Waals surface area (Å²) in [5.41, 5.74) is 1.64. The highest BCUT2D eigenvalue weighted by molar-refractivity contribution is 7.09. The summed E-state index contributed by atoms with van der Waals surface area (Å²) in [6.07, 6.45) is 1.20. The molecule has 0 bridgehead atoms. The van der Waals surface area contributed by atoms with Crippen molar-refractivity contribution < 1.29 is 19.4 Å². The average Bonchev–Trinajstić information content (AvgIpc) is 3.22. The van der Waals surface area contributed by atoms with Crippen LogP contribution in [0, 0.1) is 6.92 Å². The van der Waals surface area contributed by atoms with Gasteiger partial charge in [-0.25, -0.2) is 9.78 Å². The molecule has 1 N–H and O–H groups in total. The van der Waals surface area contributed by atoms with E-state index >= 15 is 0 Å². The SMILES string of the molecule is Cc1nc(-c2ccccc2OCC(=O)N2CCCC2C(=O)O)cs1. The Labute approximate surface area is 143 Å². The van der Waals surface area contributed by atoms with Crippen LogP contribution in [0.15, 0.2) is 29.6 Å². The lowest BCUT2D eigenvalue weighted by molar-refractivity contribution is -0.148. The number of nitrogens with zero attached hydrogens (tertiary/aromatic N) is 2. The van der Waals surface area contributed by atoms with E-state index in [-0.39, 0.29) is 12.5 Å². The van der Waals surface area contributed by atoms with E-state index in [1.807, 2.05) is 30.5 Å². The molecule has 6 nitrogen and oxygen atoms in total. The number of carboxylic acid groups (broad SMARTS) is 1. The molecule has 3 rings (SSSR count). The van der Waals surface area contributed by atoms with Gasteiger partial charge in [0.25, 0.3) is 5.91 Å². The van der Waals surface area contributed by atoms with Crippen molar-refractivity contribution in [3.05, 3.63) is 34.7 Å². The molecule has 1 unspecified atom stereocenters. The second-order valence-electron chi connectivity index (χ2n) is 5.62. The van der Waals surface area contributed by atoms with E-state index in [1.54, 1.807) is 17.4 Å². The monoisotopic (exact) mass is 346 g/mol. The van der Waals surface area contributed by atoms with E-state index < -0.39 is 12.0 Å². The van der Waals surface area contributed by atoms with E-state index in [4.69, 9.17) is 4.74 Å². The summed E-state index contributed by atoms with van der Waals surface area (Å²) in [5.74, 6) is -0.689. The van der Waals surface area contributed by atoms with Gasteiger partial charge in [0.1, 0.15) is 11.8 Å². The van der Waals surface area contributed by atoms with Gasteiger partial charge in [-0.15, -0.1) is 11.3 Å². The second-order valence-corrected chi connectivity index (χ2v) is 6.68. The largest absolute Gasteiger partial charge is 0.483 e. The number of aromatic nitrogens is 1. The highest BCUT2D eigenvalue weighted by Crippen LogP contribution is 2.30. The fourth-order valence-corrected chi connectivity index (χ4v) is 3.45. The van der Waals surface area contributed by atoms with E-state index in [2.05, 4.69) is 4.98 Å². The Hall–Kier alpha value is -2.41. The van der Waals surface area contributed by atoms with Gasteiger partial charge in [0.05, 0.1) is 10.7 Å². The number of carboxylic acids is 1. The molecule has 2 aromatic rings. The molecule has 7 heteroatoms. The predicted molar refractivity (Wildman–Crippen MR) is 90.2 cm³/mol. The Kier molecular flexibility index (Phi) is 4.80. The Morgan fingerprint density at radius 3 is 2.92 bits per heavy atom. The molecule has 1 fully saturated rings.